The average molecular weight is 509 g/mol. The van der Waals surface area contributed by atoms with Gasteiger partial charge in [-0.3, -0.25) is 14.5 Å². The molecule has 0 spiro atoms. The lowest BCUT2D eigenvalue weighted by Crippen LogP contribution is -2.86. The standard InChI is InChI=1S/C27H44N2O7/c1-8-24(4)15-18(31)27(34)25(5)17(30)9-10-23(2,3)21(25)20(33)22(26(27,6)36-24)35-19(32)16-29-13-11-28(7)12-14-29/h8,17,20-22,30,33-34H,1,9-16H2,2-7H3/t17-,20-,21-,22-,24-,25-,26+,27-/m0/s1. The van der Waals surface area contributed by atoms with Crippen LogP contribution in [0, 0.1) is 16.7 Å². The first-order valence-corrected chi connectivity index (χ1v) is 13.1. The summed E-state index contributed by atoms with van der Waals surface area (Å²) in [4.78, 5) is 31.3. The second-order valence-electron chi connectivity index (χ2n) is 12.8. The third-order valence-electron chi connectivity index (χ3n) is 9.93. The van der Waals surface area contributed by atoms with Crippen molar-refractivity contribution in [1.29, 1.82) is 0 Å². The zero-order valence-corrected chi connectivity index (χ0v) is 22.6. The van der Waals surface area contributed by atoms with Crippen LogP contribution in [-0.4, -0.2) is 112 Å². The summed E-state index contributed by atoms with van der Waals surface area (Å²) in [7, 11) is 2.03. The van der Waals surface area contributed by atoms with Crippen LogP contribution in [0.4, 0.5) is 0 Å². The van der Waals surface area contributed by atoms with Crippen LogP contribution in [0.3, 0.4) is 0 Å². The molecule has 9 nitrogen and oxygen atoms in total. The Labute approximate surface area is 214 Å². The van der Waals surface area contributed by atoms with E-state index in [0.29, 0.717) is 25.9 Å². The van der Waals surface area contributed by atoms with Crippen LogP contribution in [-0.2, 0) is 19.1 Å². The molecule has 0 aromatic heterocycles. The molecule has 4 rings (SSSR count). The highest BCUT2D eigenvalue weighted by Crippen LogP contribution is 2.67. The molecule has 0 aromatic carbocycles. The van der Waals surface area contributed by atoms with Crippen molar-refractivity contribution in [2.45, 2.75) is 89.0 Å². The number of likely N-dealkylation sites (N-methyl/N-ethyl adjacent to an activating group) is 1. The molecule has 36 heavy (non-hydrogen) atoms. The molecule has 2 heterocycles. The summed E-state index contributed by atoms with van der Waals surface area (Å²) in [6.07, 6.45) is -1.35. The Morgan fingerprint density at radius 3 is 2.36 bits per heavy atom. The lowest BCUT2D eigenvalue weighted by atomic mass is 9.40. The molecule has 2 saturated heterocycles. The highest BCUT2D eigenvalue weighted by Gasteiger charge is 2.81. The molecular weight excluding hydrogens is 464 g/mol. The number of piperazine rings is 1. The van der Waals surface area contributed by atoms with Crippen LogP contribution in [0.25, 0.3) is 0 Å². The predicted octanol–water partition coefficient (Wildman–Crippen LogP) is 0.747. The molecule has 8 atom stereocenters. The Morgan fingerprint density at radius 1 is 1.17 bits per heavy atom. The Bertz CT molecular complexity index is 918. The molecule has 2 saturated carbocycles. The second kappa shape index (κ2) is 8.85. The number of ether oxygens (including phenoxy) is 2. The van der Waals surface area contributed by atoms with Crippen LogP contribution in [0.15, 0.2) is 12.7 Å². The number of carbonyl (C=O) groups excluding carboxylic acids is 2. The van der Waals surface area contributed by atoms with Crippen molar-refractivity contribution in [3.8, 4) is 0 Å². The topological polar surface area (TPSA) is 120 Å². The average Bonchev–Trinajstić information content (AvgIpc) is 2.79. The fourth-order valence-electron chi connectivity index (χ4n) is 7.85. The van der Waals surface area contributed by atoms with Crippen molar-refractivity contribution < 1.29 is 34.4 Å². The normalized spacial score (nSPS) is 47.5. The van der Waals surface area contributed by atoms with Crippen LogP contribution in [0.1, 0.15) is 53.9 Å². The van der Waals surface area contributed by atoms with E-state index in [1.807, 2.05) is 25.8 Å². The van der Waals surface area contributed by atoms with E-state index in [1.54, 1.807) is 13.8 Å². The fraction of sp³-hybridized carbons (Fsp3) is 0.852. The third-order valence-corrected chi connectivity index (χ3v) is 9.93. The van der Waals surface area contributed by atoms with Crippen molar-refractivity contribution >= 4 is 11.8 Å². The zero-order valence-electron chi connectivity index (χ0n) is 22.6. The number of rotatable bonds is 4. The number of hydrogen-bond donors (Lipinski definition) is 3. The van der Waals surface area contributed by atoms with Gasteiger partial charge in [0.2, 0.25) is 0 Å². The van der Waals surface area contributed by atoms with Gasteiger partial charge in [-0.05, 0) is 39.2 Å². The number of fused-ring (bicyclic) bond motifs is 3. The van der Waals surface area contributed by atoms with Crippen molar-refractivity contribution in [1.82, 2.24) is 9.80 Å². The van der Waals surface area contributed by atoms with Gasteiger partial charge < -0.3 is 29.7 Å². The minimum absolute atomic E-state index is 0.0339. The molecule has 0 amide bonds. The number of aliphatic hydroxyl groups is 3. The summed E-state index contributed by atoms with van der Waals surface area (Å²) in [5.74, 6) is -1.78. The number of Topliss-reactive ketones (excluding diaryl/α,β-unsaturated/α-hetero) is 1. The molecule has 0 radical (unpaired) electrons. The van der Waals surface area contributed by atoms with E-state index in [1.165, 1.54) is 13.0 Å². The quantitative estimate of drug-likeness (QED) is 0.373. The van der Waals surface area contributed by atoms with Gasteiger partial charge in [0.15, 0.2) is 17.5 Å². The first-order valence-electron chi connectivity index (χ1n) is 13.1. The molecule has 3 N–H and O–H groups in total. The molecule has 9 heteroatoms. The molecule has 2 aliphatic heterocycles. The van der Waals surface area contributed by atoms with Gasteiger partial charge in [0.1, 0.15) is 5.60 Å². The fourth-order valence-corrected chi connectivity index (χ4v) is 7.85. The molecule has 4 aliphatic rings. The molecular formula is C27H44N2O7. The van der Waals surface area contributed by atoms with E-state index in [0.717, 1.165) is 13.1 Å². The Kier molecular flexibility index (Phi) is 6.80. The molecule has 204 valence electrons. The maximum atomic E-state index is 13.9. The van der Waals surface area contributed by atoms with E-state index < -0.39 is 63.6 Å². The summed E-state index contributed by atoms with van der Waals surface area (Å²) < 4.78 is 12.4. The van der Waals surface area contributed by atoms with Crippen molar-refractivity contribution in [2.75, 3.05) is 39.8 Å². The number of nitrogens with zero attached hydrogens (tertiary/aromatic N) is 2. The molecule has 2 aliphatic carbocycles. The first-order chi connectivity index (χ1) is 16.6. The van der Waals surface area contributed by atoms with Crippen molar-refractivity contribution in [2.24, 2.45) is 16.7 Å². The minimum Gasteiger partial charge on any atom is -0.455 e. The highest BCUT2D eigenvalue weighted by atomic mass is 16.6. The second-order valence-corrected chi connectivity index (χ2v) is 12.8. The molecule has 0 bridgehead atoms. The maximum absolute atomic E-state index is 13.9. The first kappa shape index (κ1) is 27.7. The number of esters is 1. The lowest BCUT2D eigenvalue weighted by Gasteiger charge is -2.71. The summed E-state index contributed by atoms with van der Waals surface area (Å²) in [6, 6.07) is 0. The van der Waals surface area contributed by atoms with Crippen molar-refractivity contribution in [3.63, 3.8) is 0 Å². The van der Waals surface area contributed by atoms with E-state index in [9.17, 15) is 24.9 Å². The van der Waals surface area contributed by atoms with E-state index in [2.05, 4.69) is 11.5 Å². The molecule has 4 fully saturated rings. The van der Waals surface area contributed by atoms with Gasteiger partial charge in [-0.1, -0.05) is 26.8 Å². The highest BCUT2D eigenvalue weighted by molar-refractivity contribution is 5.92. The zero-order chi connectivity index (χ0) is 26.9. The van der Waals surface area contributed by atoms with Gasteiger partial charge in [0.05, 0.1) is 24.4 Å². The van der Waals surface area contributed by atoms with Crippen LogP contribution in [0.2, 0.25) is 0 Å². The maximum Gasteiger partial charge on any atom is 0.320 e. The number of aliphatic hydroxyl groups excluding tert-OH is 2. The number of ketones is 1. The van der Waals surface area contributed by atoms with Gasteiger partial charge in [-0.2, -0.15) is 0 Å². The summed E-state index contributed by atoms with van der Waals surface area (Å²) in [5, 5.41) is 35.7. The number of hydrogen-bond acceptors (Lipinski definition) is 9. The van der Waals surface area contributed by atoms with Gasteiger partial charge in [0, 0.05) is 43.9 Å². The molecule has 0 aromatic rings. The monoisotopic (exact) mass is 508 g/mol. The molecule has 0 unspecified atom stereocenters. The van der Waals surface area contributed by atoms with Gasteiger partial charge in [-0.25, -0.2) is 0 Å². The Balaban J connectivity index is 1.78. The van der Waals surface area contributed by atoms with Gasteiger partial charge >= 0.3 is 5.97 Å². The SMILES string of the molecule is C=C[C@@]1(C)CC(=O)[C@]2(O)[C@@]3(C)[C@@H](O)CCC(C)(C)[C@@H]3[C@H](O)[C@H](OC(=O)CN3CCN(C)CC3)[C@@]2(C)O1. The van der Waals surface area contributed by atoms with Crippen LogP contribution in [0.5, 0.6) is 0 Å². The van der Waals surface area contributed by atoms with E-state index in [-0.39, 0.29) is 13.0 Å². The third kappa shape index (κ3) is 3.81. The Hall–Kier alpha value is -1.36. The van der Waals surface area contributed by atoms with Gasteiger partial charge in [0.25, 0.3) is 0 Å². The lowest BCUT2D eigenvalue weighted by molar-refractivity contribution is -0.370. The predicted molar refractivity (Wildman–Crippen MR) is 133 cm³/mol. The smallest absolute Gasteiger partial charge is 0.320 e. The summed E-state index contributed by atoms with van der Waals surface area (Å²) in [5.41, 5.74) is -7.14. The Morgan fingerprint density at radius 2 is 1.78 bits per heavy atom. The number of carbonyl (C=O) groups is 2. The van der Waals surface area contributed by atoms with E-state index in [4.69, 9.17) is 9.47 Å². The van der Waals surface area contributed by atoms with Crippen LogP contribution < -0.4 is 0 Å². The van der Waals surface area contributed by atoms with E-state index >= 15 is 0 Å². The van der Waals surface area contributed by atoms with Gasteiger partial charge in [-0.15, -0.1) is 6.58 Å². The summed E-state index contributed by atoms with van der Waals surface area (Å²) in [6.45, 7) is 15.7. The van der Waals surface area contributed by atoms with Crippen LogP contribution >= 0.6 is 0 Å². The largest absolute Gasteiger partial charge is 0.455 e. The van der Waals surface area contributed by atoms with Crippen molar-refractivity contribution in [3.05, 3.63) is 12.7 Å². The minimum atomic E-state index is -2.21. The summed E-state index contributed by atoms with van der Waals surface area (Å²) >= 11 is 0.